The van der Waals surface area contributed by atoms with Gasteiger partial charge in [-0.3, -0.25) is 10.4 Å². The lowest BCUT2D eigenvalue weighted by atomic mass is 10.1. The molecule has 1 aromatic carbocycles. The number of hydrogen-bond donors (Lipinski definition) is 2. The number of nitrogens with zero attached hydrogens (tertiary/aromatic N) is 4. The molecule has 0 unspecified atom stereocenters. The van der Waals surface area contributed by atoms with E-state index in [1.165, 1.54) is 0 Å². The molecule has 25 heavy (non-hydrogen) atoms. The molecule has 0 aliphatic rings. The molecule has 4 aromatic rings. The van der Waals surface area contributed by atoms with Crippen LogP contribution < -0.4 is 5.73 Å². The largest absolute Gasteiger partial charge is 0.384 e. The zero-order valence-corrected chi connectivity index (χ0v) is 14.6. The molecule has 122 valence electrons. The van der Waals surface area contributed by atoms with E-state index >= 15 is 0 Å². The van der Waals surface area contributed by atoms with Gasteiger partial charge in [0.15, 0.2) is 11.5 Å². The highest BCUT2D eigenvalue weighted by molar-refractivity contribution is 9.10. The summed E-state index contributed by atoms with van der Waals surface area (Å²) in [6.07, 6.45) is 3.41. The number of fused-ring (bicyclic) bond motifs is 1. The first-order valence-electron chi connectivity index (χ1n) is 7.54. The highest BCUT2D eigenvalue weighted by Crippen LogP contribution is 2.26. The molecule has 0 aliphatic heterocycles. The van der Waals surface area contributed by atoms with Crippen LogP contribution in [0.3, 0.4) is 0 Å². The summed E-state index contributed by atoms with van der Waals surface area (Å²) in [6, 6.07) is 15.4. The van der Waals surface area contributed by atoms with Crippen molar-refractivity contribution in [1.29, 1.82) is 5.41 Å². The van der Waals surface area contributed by atoms with Gasteiger partial charge in [0.25, 0.3) is 0 Å². The van der Waals surface area contributed by atoms with Crippen molar-refractivity contribution in [3.63, 3.8) is 0 Å². The van der Waals surface area contributed by atoms with Gasteiger partial charge in [0.1, 0.15) is 5.84 Å². The van der Waals surface area contributed by atoms with Crippen LogP contribution in [0.1, 0.15) is 5.56 Å². The van der Waals surface area contributed by atoms with Gasteiger partial charge in [-0.15, -0.1) is 5.10 Å². The molecule has 3 N–H and O–H groups in total. The van der Waals surface area contributed by atoms with Gasteiger partial charge in [-0.05, 0) is 36.4 Å². The summed E-state index contributed by atoms with van der Waals surface area (Å²) in [7, 11) is 0. The molecular formula is C18H13BrN6. The first-order chi connectivity index (χ1) is 12.1. The molecule has 0 atom stereocenters. The monoisotopic (exact) mass is 392 g/mol. The van der Waals surface area contributed by atoms with Crippen molar-refractivity contribution in [2.75, 3.05) is 0 Å². The van der Waals surface area contributed by atoms with Crippen LogP contribution in [-0.4, -0.2) is 25.4 Å². The molecule has 0 saturated heterocycles. The van der Waals surface area contributed by atoms with Crippen LogP contribution in [-0.2, 0) is 0 Å². The number of amidine groups is 1. The Hall–Kier alpha value is -3.06. The molecule has 0 bridgehead atoms. The minimum absolute atomic E-state index is 0.0454. The molecule has 3 heterocycles. The van der Waals surface area contributed by atoms with Gasteiger partial charge in [0, 0.05) is 28.0 Å². The summed E-state index contributed by atoms with van der Waals surface area (Å²) in [6.45, 7) is 0. The molecule has 7 heteroatoms. The lowest BCUT2D eigenvalue weighted by Crippen LogP contribution is -2.13. The van der Waals surface area contributed by atoms with E-state index in [-0.39, 0.29) is 5.84 Å². The SMILES string of the molecule is N=C(N)c1ccc(-c2cccc(Br)c2)n2nc(-c3cccnc3)nc12. The first-order valence-corrected chi connectivity index (χ1v) is 8.33. The van der Waals surface area contributed by atoms with Crippen molar-refractivity contribution in [1.82, 2.24) is 19.6 Å². The summed E-state index contributed by atoms with van der Waals surface area (Å²) in [4.78, 5) is 8.71. The third kappa shape index (κ3) is 2.78. The summed E-state index contributed by atoms with van der Waals surface area (Å²) in [5.41, 5.74) is 9.47. The van der Waals surface area contributed by atoms with Crippen molar-refractivity contribution in [3.8, 4) is 22.6 Å². The number of pyridine rings is 2. The Morgan fingerprint density at radius 1 is 1.08 bits per heavy atom. The third-order valence-electron chi connectivity index (χ3n) is 3.81. The lowest BCUT2D eigenvalue weighted by Gasteiger charge is -2.07. The van der Waals surface area contributed by atoms with Crippen LogP contribution in [0.2, 0.25) is 0 Å². The van der Waals surface area contributed by atoms with Gasteiger partial charge < -0.3 is 5.73 Å². The number of nitrogen functional groups attached to an aromatic ring is 1. The number of rotatable bonds is 3. The lowest BCUT2D eigenvalue weighted by molar-refractivity contribution is 0.971. The van der Waals surface area contributed by atoms with Crippen molar-refractivity contribution >= 4 is 27.4 Å². The maximum atomic E-state index is 7.82. The minimum atomic E-state index is -0.0454. The average molecular weight is 393 g/mol. The fraction of sp³-hybridized carbons (Fsp3) is 0. The van der Waals surface area contributed by atoms with E-state index < -0.39 is 0 Å². The van der Waals surface area contributed by atoms with Crippen LogP contribution in [0, 0.1) is 5.41 Å². The molecule has 0 aliphatic carbocycles. The summed E-state index contributed by atoms with van der Waals surface area (Å²) < 4.78 is 2.70. The second-order valence-electron chi connectivity index (χ2n) is 5.47. The Bertz CT molecular complexity index is 1090. The maximum absolute atomic E-state index is 7.82. The van der Waals surface area contributed by atoms with Crippen molar-refractivity contribution < 1.29 is 0 Å². The van der Waals surface area contributed by atoms with Gasteiger partial charge in [0.2, 0.25) is 0 Å². The fourth-order valence-corrected chi connectivity index (χ4v) is 3.05. The molecule has 6 nitrogen and oxygen atoms in total. The van der Waals surface area contributed by atoms with E-state index in [0.717, 1.165) is 21.3 Å². The third-order valence-corrected chi connectivity index (χ3v) is 4.31. The van der Waals surface area contributed by atoms with E-state index in [2.05, 4.69) is 31.0 Å². The Morgan fingerprint density at radius 2 is 1.92 bits per heavy atom. The van der Waals surface area contributed by atoms with Crippen molar-refractivity contribution in [2.45, 2.75) is 0 Å². The van der Waals surface area contributed by atoms with Crippen molar-refractivity contribution in [3.05, 3.63) is 71.0 Å². The normalized spacial score (nSPS) is 10.9. The number of benzene rings is 1. The van der Waals surface area contributed by atoms with E-state index in [4.69, 9.17) is 11.1 Å². The van der Waals surface area contributed by atoms with Gasteiger partial charge in [-0.1, -0.05) is 28.1 Å². The van der Waals surface area contributed by atoms with Gasteiger partial charge in [-0.2, -0.15) is 0 Å². The molecular weight excluding hydrogens is 380 g/mol. The highest BCUT2D eigenvalue weighted by atomic mass is 79.9. The van der Waals surface area contributed by atoms with E-state index in [1.54, 1.807) is 23.0 Å². The predicted molar refractivity (Wildman–Crippen MR) is 100 cm³/mol. The average Bonchev–Trinajstić information content (AvgIpc) is 3.06. The Kier molecular flexibility index (Phi) is 3.77. The zero-order chi connectivity index (χ0) is 17.4. The van der Waals surface area contributed by atoms with E-state index in [9.17, 15) is 0 Å². The van der Waals surface area contributed by atoms with Crippen LogP contribution in [0.25, 0.3) is 28.3 Å². The number of aromatic nitrogens is 4. The van der Waals surface area contributed by atoms with Gasteiger partial charge in [-0.25, -0.2) is 9.50 Å². The Morgan fingerprint density at radius 3 is 2.64 bits per heavy atom. The number of nitrogens with one attached hydrogen (secondary N) is 1. The molecule has 3 aromatic heterocycles. The topological polar surface area (TPSA) is 93.0 Å². The van der Waals surface area contributed by atoms with E-state index in [1.807, 2.05) is 42.5 Å². The molecule has 0 amide bonds. The van der Waals surface area contributed by atoms with Crippen LogP contribution >= 0.6 is 15.9 Å². The molecule has 4 rings (SSSR count). The minimum Gasteiger partial charge on any atom is -0.384 e. The van der Waals surface area contributed by atoms with Gasteiger partial charge in [0.05, 0.1) is 11.3 Å². The highest BCUT2D eigenvalue weighted by Gasteiger charge is 2.15. The second-order valence-corrected chi connectivity index (χ2v) is 6.38. The summed E-state index contributed by atoms with van der Waals surface area (Å²) in [5, 5.41) is 12.4. The quantitative estimate of drug-likeness (QED) is 0.412. The van der Waals surface area contributed by atoms with Crippen LogP contribution in [0.5, 0.6) is 0 Å². The fourth-order valence-electron chi connectivity index (χ4n) is 2.66. The number of nitrogens with two attached hydrogens (primary N) is 1. The zero-order valence-electron chi connectivity index (χ0n) is 13.0. The molecule has 0 radical (unpaired) electrons. The van der Waals surface area contributed by atoms with Crippen LogP contribution in [0.4, 0.5) is 0 Å². The number of hydrogen-bond acceptors (Lipinski definition) is 4. The van der Waals surface area contributed by atoms with Crippen molar-refractivity contribution in [2.24, 2.45) is 5.73 Å². The second kappa shape index (κ2) is 6.10. The first kappa shape index (κ1) is 15.5. The number of halogens is 1. The Labute approximate surface area is 152 Å². The summed E-state index contributed by atoms with van der Waals surface area (Å²) in [5.74, 6) is 0.494. The summed E-state index contributed by atoms with van der Waals surface area (Å²) >= 11 is 3.50. The maximum Gasteiger partial charge on any atom is 0.183 e. The molecule has 0 fully saturated rings. The standard InChI is InChI=1S/C18H13BrN6/c19-13-5-1-3-11(9-13)15-7-6-14(16(20)21)18-23-17(24-25(15)18)12-4-2-8-22-10-12/h1-10H,(H3,20,21). The smallest absolute Gasteiger partial charge is 0.183 e. The molecule has 0 saturated carbocycles. The Balaban J connectivity index is 2.01. The van der Waals surface area contributed by atoms with E-state index in [0.29, 0.717) is 17.0 Å². The molecule has 0 spiro atoms. The van der Waals surface area contributed by atoms with Gasteiger partial charge >= 0.3 is 0 Å². The predicted octanol–water partition coefficient (Wildman–Crippen LogP) is 3.50. The van der Waals surface area contributed by atoms with Crippen LogP contribution in [0.15, 0.2) is 65.4 Å².